The summed E-state index contributed by atoms with van der Waals surface area (Å²) in [4.78, 5) is 0. The van der Waals surface area contributed by atoms with E-state index in [9.17, 15) is 0 Å². The maximum Gasteiger partial charge on any atom is -0.0353 e. The molecule has 0 N–H and O–H groups in total. The highest BCUT2D eigenvalue weighted by atomic mass is 14.0. The van der Waals surface area contributed by atoms with E-state index in [-0.39, 0.29) is 0 Å². The molecule has 0 rings (SSSR count). The van der Waals surface area contributed by atoms with E-state index in [1.807, 2.05) is 6.08 Å². The second-order valence-corrected chi connectivity index (χ2v) is 5.16. The van der Waals surface area contributed by atoms with E-state index in [2.05, 4.69) is 19.9 Å². The molecule has 0 atom stereocenters. The van der Waals surface area contributed by atoms with Crippen molar-refractivity contribution in [2.24, 2.45) is 0 Å². The summed E-state index contributed by atoms with van der Waals surface area (Å²) >= 11 is 0. The van der Waals surface area contributed by atoms with Crippen LogP contribution < -0.4 is 0 Å². The molecule has 0 bridgehead atoms. The third kappa shape index (κ3) is 15.7. The van der Waals surface area contributed by atoms with Gasteiger partial charge in [-0.2, -0.15) is 0 Å². The predicted molar refractivity (Wildman–Crippen MR) is 80.2 cm³/mol. The quantitative estimate of drug-likeness (QED) is 0.240. The van der Waals surface area contributed by atoms with Gasteiger partial charge < -0.3 is 0 Å². The molecular formula is C17H33. The van der Waals surface area contributed by atoms with Crippen molar-refractivity contribution in [2.75, 3.05) is 0 Å². The molecule has 0 nitrogen and oxygen atoms in total. The van der Waals surface area contributed by atoms with Crippen molar-refractivity contribution in [3.05, 3.63) is 19.1 Å². The smallest absolute Gasteiger partial charge is 0.0353 e. The Morgan fingerprint density at radius 3 is 1.29 bits per heavy atom. The van der Waals surface area contributed by atoms with E-state index in [1.165, 1.54) is 83.5 Å². The largest absolute Gasteiger partial charge is 0.103 e. The Balaban J connectivity index is 2.87. The average molecular weight is 237 g/mol. The Kier molecular flexibility index (Phi) is 15.5. The second-order valence-electron chi connectivity index (χ2n) is 5.16. The summed E-state index contributed by atoms with van der Waals surface area (Å²) in [5.74, 6) is 0. The lowest BCUT2D eigenvalue weighted by Gasteiger charge is -2.02. The molecule has 17 heavy (non-hydrogen) atoms. The van der Waals surface area contributed by atoms with E-state index in [0.29, 0.717) is 0 Å². The molecule has 0 aromatic carbocycles. The molecule has 0 heteroatoms. The van der Waals surface area contributed by atoms with Crippen molar-refractivity contribution in [1.29, 1.82) is 0 Å². The molecule has 0 amide bonds. The first-order valence-electron chi connectivity index (χ1n) is 7.80. The number of unbranched alkanes of at least 4 members (excludes halogenated alkanes) is 13. The van der Waals surface area contributed by atoms with E-state index in [1.54, 1.807) is 0 Å². The lowest BCUT2D eigenvalue weighted by Crippen LogP contribution is -1.82. The van der Waals surface area contributed by atoms with E-state index >= 15 is 0 Å². The summed E-state index contributed by atoms with van der Waals surface area (Å²) < 4.78 is 0. The number of allylic oxidation sites excluding steroid dienone is 1. The van der Waals surface area contributed by atoms with E-state index < -0.39 is 0 Å². The van der Waals surface area contributed by atoms with E-state index in [4.69, 9.17) is 0 Å². The van der Waals surface area contributed by atoms with Crippen LogP contribution in [-0.4, -0.2) is 0 Å². The van der Waals surface area contributed by atoms with Crippen molar-refractivity contribution >= 4 is 0 Å². The van der Waals surface area contributed by atoms with Gasteiger partial charge in [-0.3, -0.25) is 0 Å². The maximum absolute atomic E-state index is 3.75. The van der Waals surface area contributed by atoms with Gasteiger partial charge in [0.25, 0.3) is 0 Å². The fraction of sp³-hybridized carbons (Fsp3) is 0.824. The molecule has 1 radical (unpaired) electrons. The van der Waals surface area contributed by atoms with Crippen LogP contribution in [0.25, 0.3) is 0 Å². The lowest BCUT2D eigenvalue weighted by atomic mass is 10.0. The molecule has 101 valence electrons. The van der Waals surface area contributed by atoms with Gasteiger partial charge >= 0.3 is 0 Å². The zero-order valence-corrected chi connectivity index (χ0v) is 12.1. The SMILES string of the molecule is C=CCCCCCCCCCCCCC[CH]C. The van der Waals surface area contributed by atoms with Crippen LogP contribution in [0.15, 0.2) is 12.7 Å². The number of rotatable bonds is 14. The van der Waals surface area contributed by atoms with Crippen molar-refractivity contribution < 1.29 is 0 Å². The molecular weight excluding hydrogens is 204 g/mol. The zero-order chi connectivity index (χ0) is 12.6. The minimum absolute atomic E-state index is 1.20. The first-order chi connectivity index (χ1) is 8.41. The maximum atomic E-state index is 3.75. The standard InChI is InChI=1S/C17H33/c1-3-5-7-9-11-13-15-17-16-14-12-10-8-6-4-2/h3-4H,1,5-17H2,2H3. The van der Waals surface area contributed by atoms with Crippen LogP contribution in [0.3, 0.4) is 0 Å². The van der Waals surface area contributed by atoms with Crippen LogP contribution in [-0.2, 0) is 0 Å². The van der Waals surface area contributed by atoms with Gasteiger partial charge in [-0.25, -0.2) is 0 Å². The molecule has 0 aromatic heterocycles. The van der Waals surface area contributed by atoms with Gasteiger partial charge in [0.05, 0.1) is 0 Å². The summed E-state index contributed by atoms with van der Waals surface area (Å²) in [6.45, 7) is 5.91. The molecule has 0 spiro atoms. The third-order valence-electron chi connectivity index (χ3n) is 3.40. The van der Waals surface area contributed by atoms with Crippen LogP contribution >= 0.6 is 0 Å². The fourth-order valence-electron chi connectivity index (χ4n) is 2.23. The molecule has 0 aliphatic carbocycles. The first kappa shape index (κ1) is 16.7. The summed E-state index contributed by atoms with van der Waals surface area (Å²) in [5.41, 5.74) is 0. The van der Waals surface area contributed by atoms with Crippen LogP contribution in [0, 0.1) is 6.42 Å². The Labute approximate surface area is 110 Å². The monoisotopic (exact) mass is 237 g/mol. The molecule has 0 saturated carbocycles. The highest BCUT2D eigenvalue weighted by molar-refractivity contribution is 4.65. The molecule has 0 fully saturated rings. The van der Waals surface area contributed by atoms with Crippen LogP contribution in [0.4, 0.5) is 0 Å². The second kappa shape index (κ2) is 15.7. The first-order valence-corrected chi connectivity index (χ1v) is 7.80. The van der Waals surface area contributed by atoms with Gasteiger partial charge in [0.15, 0.2) is 0 Å². The third-order valence-corrected chi connectivity index (χ3v) is 3.40. The molecule has 0 aromatic rings. The van der Waals surface area contributed by atoms with Gasteiger partial charge in [0.1, 0.15) is 0 Å². The van der Waals surface area contributed by atoms with Crippen LogP contribution in [0.2, 0.25) is 0 Å². The average Bonchev–Trinajstić information content (AvgIpc) is 2.35. The van der Waals surface area contributed by atoms with Gasteiger partial charge in [-0.15, -0.1) is 6.58 Å². The van der Waals surface area contributed by atoms with E-state index in [0.717, 1.165) is 0 Å². The summed E-state index contributed by atoms with van der Waals surface area (Å²) in [6, 6.07) is 0. The highest BCUT2D eigenvalue weighted by Gasteiger charge is 1.93. The minimum Gasteiger partial charge on any atom is -0.103 e. The van der Waals surface area contributed by atoms with Gasteiger partial charge in [-0.1, -0.05) is 83.6 Å². The van der Waals surface area contributed by atoms with Gasteiger partial charge in [0.2, 0.25) is 0 Å². The van der Waals surface area contributed by atoms with Gasteiger partial charge in [-0.05, 0) is 19.3 Å². The summed E-state index contributed by atoms with van der Waals surface area (Å²) in [7, 11) is 0. The van der Waals surface area contributed by atoms with Gasteiger partial charge in [0, 0.05) is 0 Å². The Hall–Kier alpha value is -0.260. The number of hydrogen-bond acceptors (Lipinski definition) is 0. The molecule has 0 saturated heterocycles. The topological polar surface area (TPSA) is 0 Å². The molecule has 0 heterocycles. The molecule has 0 aliphatic rings. The predicted octanol–water partition coefficient (Wildman–Crippen LogP) is 6.47. The molecule has 0 aliphatic heterocycles. The number of hydrogen-bond donors (Lipinski definition) is 0. The summed E-state index contributed by atoms with van der Waals surface area (Å²) in [6.07, 6.45) is 22.6. The summed E-state index contributed by atoms with van der Waals surface area (Å²) in [5, 5.41) is 0. The van der Waals surface area contributed by atoms with Crippen molar-refractivity contribution in [3.8, 4) is 0 Å². The van der Waals surface area contributed by atoms with Crippen LogP contribution in [0.5, 0.6) is 0 Å². The Morgan fingerprint density at radius 2 is 0.941 bits per heavy atom. The van der Waals surface area contributed by atoms with Crippen molar-refractivity contribution in [1.82, 2.24) is 0 Å². The Bertz CT molecular complexity index is 137. The molecule has 0 unspecified atom stereocenters. The minimum atomic E-state index is 1.20. The zero-order valence-electron chi connectivity index (χ0n) is 12.1. The fourth-order valence-corrected chi connectivity index (χ4v) is 2.23. The van der Waals surface area contributed by atoms with Crippen molar-refractivity contribution in [2.45, 2.75) is 90.4 Å². The van der Waals surface area contributed by atoms with Crippen LogP contribution in [0.1, 0.15) is 90.4 Å². The highest BCUT2D eigenvalue weighted by Crippen LogP contribution is 2.12. The lowest BCUT2D eigenvalue weighted by molar-refractivity contribution is 0.546. The Morgan fingerprint density at radius 1 is 0.588 bits per heavy atom. The van der Waals surface area contributed by atoms with Crippen molar-refractivity contribution in [3.63, 3.8) is 0 Å². The normalized spacial score (nSPS) is 10.6.